The number of hydrogen-bond donors (Lipinski definition) is 1. The molecule has 0 bridgehead atoms. The van der Waals surface area contributed by atoms with Crippen molar-refractivity contribution in [3.8, 4) is 6.07 Å². The van der Waals surface area contributed by atoms with Crippen LogP contribution in [0.3, 0.4) is 0 Å². The maximum atomic E-state index is 9.24. The van der Waals surface area contributed by atoms with Gasteiger partial charge in [0.25, 0.3) is 0 Å². The van der Waals surface area contributed by atoms with Gasteiger partial charge in [-0.15, -0.1) is 0 Å². The first-order valence-electron chi connectivity index (χ1n) is 6.42. The van der Waals surface area contributed by atoms with Gasteiger partial charge in [0.1, 0.15) is 6.07 Å². The van der Waals surface area contributed by atoms with E-state index in [-0.39, 0.29) is 12.7 Å². The van der Waals surface area contributed by atoms with Crippen molar-refractivity contribution in [2.75, 3.05) is 31.2 Å². The van der Waals surface area contributed by atoms with Gasteiger partial charge in [-0.3, -0.25) is 0 Å². The molecule has 0 saturated carbocycles. The van der Waals surface area contributed by atoms with E-state index in [0.717, 1.165) is 36.1 Å². The highest BCUT2D eigenvalue weighted by Crippen LogP contribution is 2.29. The second-order valence-corrected chi connectivity index (χ2v) is 5.38. The first-order chi connectivity index (χ1) is 9.26. The minimum Gasteiger partial charge on any atom is -0.394 e. The van der Waals surface area contributed by atoms with Crippen LogP contribution in [0.15, 0.2) is 22.7 Å². The predicted octanol–water partition coefficient (Wildman–Crippen LogP) is 2.30. The van der Waals surface area contributed by atoms with Gasteiger partial charge in [0.15, 0.2) is 0 Å². The molecule has 1 heterocycles. The van der Waals surface area contributed by atoms with Crippen molar-refractivity contribution in [3.05, 3.63) is 28.2 Å². The topological polar surface area (TPSA) is 56.5 Å². The molecule has 0 radical (unpaired) electrons. The summed E-state index contributed by atoms with van der Waals surface area (Å²) in [7, 11) is 0. The summed E-state index contributed by atoms with van der Waals surface area (Å²) >= 11 is 3.42. The third-order valence-electron chi connectivity index (χ3n) is 3.33. The molecule has 1 aromatic rings. The van der Waals surface area contributed by atoms with Crippen LogP contribution in [0.2, 0.25) is 0 Å². The second-order valence-electron chi connectivity index (χ2n) is 4.53. The van der Waals surface area contributed by atoms with Crippen LogP contribution < -0.4 is 4.90 Å². The molecule has 0 unspecified atom stereocenters. The SMILES string of the molecule is N#Cc1c(Br)cccc1N1CCC(OCCO)CC1. The van der Waals surface area contributed by atoms with Crippen LogP contribution in [0.1, 0.15) is 18.4 Å². The first-order valence-corrected chi connectivity index (χ1v) is 7.21. The zero-order valence-electron chi connectivity index (χ0n) is 10.7. The number of anilines is 1. The molecule has 2 rings (SSSR count). The molecule has 0 aromatic heterocycles. The van der Waals surface area contributed by atoms with Crippen LogP contribution >= 0.6 is 15.9 Å². The van der Waals surface area contributed by atoms with Crippen LogP contribution in [0, 0.1) is 11.3 Å². The van der Waals surface area contributed by atoms with Gasteiger partial charge in [-0.1, -0.05) is 6.07 Å². The van der Waals surface area contributed by atoms with Gasteiger partial charge in [-0.2, -0.15) is 5.26 Å². The predicted molar refractivity (Wildman–Crippen MR) is 77.1 cm³/mol. The number of halogens is 1. The Kier molecular flexibility index (Phi) is 5.20. The van der Waals surface area contributed by atoms with E-state index in [0.29, 0.717) is 12.2 Å². The summed E-state index contributed by atoms with van der Waals surface area (Å²) in [5, 5.41) is 18.0. The van der Waals surface area contributed by atoms with E-state index in [1.165, 1.54) is 0 Å². The minimum atomic E-state index is 0.0738. The van der Waals surface area contributed by atoms with Gasteiger partial charge in [-0.25, -0.2) is 0 Å². The average Bonchev–Trinajstić information content (AvgIpc) is 2.45. The largest absolute Gasteiger partial charge is 0.394 e. The number of aliphatic hydroxyl groups excluding tert-OH is 1. The smallest absolute Gasteiger partial charge is 0.103 e. The highest BCUT2D eigenvalue weighted by Gasteiger charge is 2.22. The third kappa shape index (κ3) is 3.47. The molecular formula is C14H17BrN2O2. The average molecular weight is 325 g/mol. The van der Waals surface area contributed by atoms with Crippen molar-refractivity contribution < 1.29 is 9.84 Å². The van der Waals surface area contributed by atoms with Gasteiger partial charge in [0.2, 0.25) is 0 Å². The number of benzene rings is 1. The molecule has 1 N–H and O–H groups in total. The molecule has 0 amide bonds. The highest BCUT2D eigenvalue weighted by atomic mass is 79.9. The maximum absolute atomic E-state index is 9.24. The zero-order valence-corrected chi connectivity index (χ0v) is 12.3. The lowest BCUT2D eigenvalue weighted by atomic mass is 10.1. The van der Waals surface area contributed by atoms with E-state index < -0.39 is 0 Å². The van der Waals surface area contributed by atoms with Crippen LogP contribution in [-0.2, 0) is 4.74 Å². The summed E-state index contributed by atoms with van der Waals surface area (Å²) in [5.74, 6) is 0. The molecule has 5 heteroatoms. The van der Waals surface area contributed by atoms with E-state index in [2.05, 4.69) is 26.9 Å². The normalized spacial score (nSPS) is 16.4. The van der Waals surface area contributed by atoms with Crippen molar-refractivity contribution in [2.45, 2.75) is 18.9 Å². The van der Waals surface area contributed by atoms with Gasteiger partial charge in [0, 0.05) is 17.6 Å². The maximum Gasteiger partial charge on any atom is 0.103 e. The second kappa shape index (κ2) is 6.90. The van der Waals surface area contributed by atoms with E-state index in [1.54, 1.807) is 0 Å². The number of rotatable bonds is 4. The lowest BCUT2D eigenvalue weighted by Crippen LogP contribution is -2.37. The fourth-order valence-corrected chi connectivity index (χ4v) is 2.81. The molecule has 1 aliphatic rings. The molecule has 4 nitrogen and oxygen atoms in total. The number of nitriles is 1. The van der Waals surface area contributed by atoms with E-state index in [4.69, 9.17) is 9.84 Å². The molecule has 1 aliphatic heterocycles. The van der Waals surface area contributed by atoms with E-state index in [1.807, 2.05) is 18.2 Å². The first kappa shape index (κ1) is 14.3. The van der Waals surface area contributed by atoms with Gasteiger partial charge >= 0.3 is 0 Å². The monoisotopic (exact) mass is 324 g/mol. The van der Waals surface area contributed by atoms with Crippen LogP contribution in [0.4, 0.5) is 5.69 Å². The number of aliphatic hydroxyl groups is 1. The highest BCUT2D eigenvalue weighted by molar-refractivity contribution is 9.10. The van der Waals surface area contributed by atoms with Crippen molar-refractivity contribution in [1.82, 2.24) is 0 Å². The molecule has 102 valence electrons. The molecular weight excluding hydrogens is 308 g/mol. The molecule has 1 fully saturated rings. The third-order valence-corrected chi connectivity index (χ3v) is 3.99. The quantitative estimate of drug-likeness (QED) is 0.923. The van der Waals surface area contributed by atoms with E-state index >= 15 is 0 Å². The summed E-state index contributed by atoms with van der Waals surface area (Å²) < 4.78 is 6.38. The zero-order chi connectivity index (χ0) is 13.7. The van der Waals surface area contributed by atoms with Crippen molar-refractivity contribution in [2.24, 2.45) is 0 Å². The van der Waals surface area contributed by atoms with Crippen molar-refractivity contribution >= 4 is 21.6 Å². The molecule has 0 spiro atoms. The van der Waals surface area contributed by atoms with Gasteiger partial charge in [0.05, 0.1) is 30.6 Å². The lowest BCUT2D eigenvalue weighted by molar-refractivity contribution is 0.0159. The molecule has 0 aliphatic carbocycles. The summed E-state index contributed by atoms with van der Waals surface area (Å²) in [6.45, 7) is 2.23. The Morgan fingerprint density at radius 1 is 1.42 bits per heavy atom. The van der Waals surface area contributed by atoms with Crippen molar-refractivity contribution in [3.63, 3.8) is 0 Å². The number of nitrogens with zero attached hydrogens (tertiary/aromatic N) is 2. The Morgan fingerprint density at radius 3 is 2.79 bits per heavy atom. The Bertz CT molecular complexity index is 465. The summed E-state index contributed by atoms with van der Waals surface area (Å²) in [4.78, 5) is 2.22. The van der Waals surface area contributed by atoms with E-state index in [9.17, 15) is 5.26 Å². The minimum absolute atomic E-state index is 0.0738. The lowest BCUT2D eigenvalue weighted by Gasteiger charge is -2.34. The standard InChI is InChI=1S/C14H17BrN2O2/c15-13-2-1-3-14(12(13)10-16)17-6-4-11(5-7-17)19-9-8-18/h1-3,11,18H,4-9H2. The molecule has 1 saturated heterocycles. The molecule has 19 heavy (non-hydrogen) atoms. The van der Waals surface area contributed by atoms with Crippen molar-refractivity contribution in [1.29, 1.82) is 5.26 Å². The van der Waals surface area contributed by atoms with Crippen LogP contribution in [0.25, 0.3) is 0 Å². The van der Waals surface area contributed by atoms with Gasteiger partial charge < -0.3 is 14.7 Å². The Morgan fingerprint density at radius 2 is 2.16 bits per heavy atom. The number of ether oxygens (including phenoxy) is 1. The Balaban J connectivity index is 2.02. The fourth-order valence-electron chi connectivity index (χ4n) is 2.37. The van der Waals surface area contributed by atoms with Crippen LogP contribution in [0.5, 0.6) is 0 Å². The number of piperidine rings is 1. The summed E-state index contributed by atoms with van der Waals surface area (Å²) in [5.41, 5.74) is 1.68. The Labute approximate surface area is 121 Å². The molecule has 0 atom stereocenters. The number of hydrogen-bond acceptors (Lipinski definition) is 4. The fraction of sp³-hybridized carbons (Fsp3) is 0.500. The van der Waals surface area contributed by atoms with Gasteiger partial charge in [-0.05, 0) is 40.9 Å². The summed E-state index contributed by atoms with van der Waals surface area (Å²) in [6, 6.07) is 8.08. The van der Waals surface area contributed by atoms with Crippen LogP contribution in [-0.4, -0.2) is 37.5 Å². The Hall–Kier alpha value is -1.09. The molecule has 1 aromatic carbocycles. The summed E-state index contributed by atoms with van der Waals surface area (Å²) in [6.07, 6.45) is 2.08.